The Morgan fingerprint density at radius 3 is 2.24 bits per heavy atom. The molecular weight excluding hydrogens is 443 g/mol. The number of carbonyl (C=O) groups excluding carboxylic acids is 1. The van der Waals surface area contributed by atoms with Crippen LogP contribution in [0, 0.1) is 6.92 Å². The van der Waals surface area contributed by atoms with Gasteiger partial charge in [-0.05, 0) is 19.1 Å². The summed E-state index contributed by atoms with van der Waals surface area (Å²) < 4.78 is 119. The molecule has 0 aliphatic rings. The molecule has 0 saturated carbocycles. The van der Waals surface area contributed by atoms with Gasteiger partial charge in [-0.15, -0.1) is 11.3 Å². The molecule has 1 unspecified atom stereocenters. The lowest BCUT2D eigenvalue weighted by Crippen LogP contribution is -2.45. The fraction of sp³-hybridized carbons (Fsp3) is 0.333. The molecule has 0 aliphatic heterocycles. The van der Waals surface area contributed by atoms with E-state index in [0.29, 0.717) is 17.4 Å². The van der Waals surface area contributed by atoms with E-state index in [0.717, 1.165) is 18.2 Å². The van der Waals surface area contributed by atoms with Crippen LogP contribution in [-0.2, 0) is 6.18 Å². The Hall–Kier alpha value is -2.51. The second-order valence-corrected chi connectivity index (χ2v) is 6.63. The molecule has 0 bridgehead atoms. The highest BCUT2D eigenvalue weighted by Gasteiger charge is 2.59. The summed E-state index contributed by atoms with van der Waals surface area (Å²) in [5, 5.41) is 1.70. The number of aryl methyl sites for hydroxylation is 1. The minimum Gasteiger partial charge on any atom is -0.428 e. The SMILES string of the molecule is Cc1nc(C(F)(F)F)c(C(=O)Nc2ccccc2OC(F)(F)C(F)C(F)(F)F)s1. The molecule has 29 heavy (non-hydrogen) atoms. The van der Waals surface area contributed by atoms with Gasteiger partial charge in [0.05, 0.1) is 10.7 Å². The second kappa shape index (κ2) is 7.72. The molecule has 0 fully saturated rings. The summed E-state index contributed by atoms with van der Waals surface area (Å²) in [7, 11) is 0. The number of benzene rings is 1. The number of alkyl halides is 9. The van der Waals surface area contributed by atoms with Gasteiger partial charge in [0.25, 0.3) is 12.1 Å². The molecule has 4 nitrogen and oxygen atoms in total. The Morgan fingerprint density at radius 2 is 1.69 bits per heavy atom. The zero-order valence-corrected chi connectivity index (χ0v) is 14.8. The summed E-state index contributed by atoms with van der Waals surface area (Å²) in [6.07, 6.45) is -21.0. The van der Waals surface area contributed by atoms with Crippen molar-refractivity contribution in [3.8, 4) is 5.75 Å². The molecule has 2 aromatic rings. The predicted octanol–water partition coefficient (Wildman–Crippen LogP) is 5.59. The van der Waals surface area contributed by atoms with E-state index in [1.807, 2.05) is 5.32 Å². The van der Waals surface area contributed by atoms with E-state index in [1.165, 1.54) is 6.92 Å². The summed E-state index contributed by atoms with van der Waals surface area (Å²) in [6, 6.07) is 3.68. The predicted molar refractivity (Wildman–Crippen MR) is 82.8 cm³/mol. The van der Waals surface area contributed by atoms with Gasteiger partial charge in [0.1, 0.15) is 10.6 Å². The number of ether oxygens (including phenoxy) is 1. The van der Waals surface area contributed by atoms with E-state index in [9.17, 15) is 44.3 Å². The Bertz CT molecular complexity index is 893. The zero-order chi connectivity index (χ0) is 22.2. The minimum atomic E-state index is -5.94. The standard InChI is InChI=1S/C15H9F9N2O2S/c1-6-25-10(13(17,18)19)9(29-6)11(27)26-7-4-2-3-5-8(7)28-15(23,24)12(16)14(20,21)22/h2-5,12H,1H3,(H,26,27). The number of rotatable bonds is 5. The number of aromatic nitrogens is 1. The van der Waals surface area contributed by atoms with Gasteiger partial charge in [0, 0.05) is 0 Å². The molecule has 0 radical (unpaired) electrons. The second-order valence-electron chi connectivity index (χ2n) is 5.43. The van der Waals surface area contributed by atoms with Gasteiger partial charge >= 0.3 is 18.5 Å². The van der Waals surface area contributed by atoms with Gasteiger partial charge in [-0.2, -0.15) is 35.1 Å². The third kappa shape index (κ3) is 5.31. The van der Waals surface area contributed by atoms with Crippen molar-refractivity contribution in [3.63, 3.8) is 0 Å². The van der Waals surface area contributed by atoms with Crippen LogP contribution in [-0.4, -0.2) is 29.3 Å². The van der Waals surface area contributed by atoms with Crippen molar-refractivity contribution >= 4 is 22.9 Å². The summed E-state index contributed by atoms with van der Waals surface area (Å²) in [4.78, 5) is 14.4. The van der Waals surface area contributed by atoms with Gasteiger partial charge in [0.2, 0.25) is 0 Å². The molecule has 1 amide bonds. The average molecular weight is 452 g/mol. The molecule has 1 atom stereocenters. The Morgan fingerprint density at radius 1 is 1.10 bits per heavy atom. The number of thiazole rings is 1. The molecule has 14 heteroatoms. The van der Waals surface area contributed by atoms with Crippen molar-refractivity contribution in [2.24, 2.45) is 0 Å². The van der Waals surface area contributed by atoms with E-state index < -0.39 is 52.5 Å². The summed E-state index contributed by atoms with van der Waals surface area (Å²) in [5.74, 6) is -2.51. The first kappa shape index (κ1) is 22.8. The van der Waals surface area contributed by atoms with Gasteiger partial charge in [-0.1, -0.05) is 12.1 Å². The smallest absolute Gasteiger partial charge is 0.428 e. The number of hydrogen-bond donors (Lipinski definition) is 1. The van der Waals surface area contributed by atoms with Crippen LogP contribution in [0.2, 0.25) is 0 Å². The maximum Gasteiger partial charge on any atom is 0.439 e. The normalized spacial score (nSPS) is 13.9. The van der Waals surface area contributed by atoms with Crippen LogP contribution in [0.5, 0.6) is 5.75 Å². The first-order valence-electron chi connectivity index (χ1n) is 7.35. The molecule has 1 aromatic heterocycles. The maximum atomic E-state index is 13.5. The number of halogens is 9. The fourth-order valence-corrected chi connectivity index (χ4v) is 2.83. The molecule has 1 heterocycles. The lowest BCUT2D eigenvalue weighted by molar-refractivity contribution is -0.304. The number of nitrogens with zero attached hydrogens (tertiary/aromatic N) is 1. The van der Waals surface area contributed by atoms with Gasteiger partial charge < -0.3 is 10.1 Å². The van der Waals surface area contributed by atoms with Crippen LogP contribution in [0.3, 0.4) is 0 Å². The largest absolute Gasteiger partial charge is 0.439 e. The van der Waals surface area contributed by atoms with E-state index in [4.69, 9.17) is 0 Å². The van der Waals surface area contributed by atoms with Crippen LogP contribution in [0.4, 0.5) is 45.2 Å². The molecule has 0 saturated heterocycles. The number of anilines is 1. The summed E-state index contributed by atoms with van der Waals surface area (Å²) >= 11 is 0.355. The molecular formula is C15H9F9N2O2S. The number of hydrogen-bond acceptors (Lipinski definition) is 4. The highest BCUT2D eigenvalue weighted by molar-refractivity contribution is 7.13. The third-order valence-electron chi connectivity index (χ3n) is 3.17. The number of nitrogens with one attached hydrogen (secondary N) is 1. The van der Waals surface area contributed by atoms with Crippen molar-refractivity contribution in [1.29, 1.82) is 0 Å². The highest BCUT2D eigenvalue weighted by atomic mass is 32.1. The third-order valence-corrected chi connectivity index (χ3v) is 4.14. The van der Waals surface area contributed by atoms with Gasteiger partial charge in [0.15, 0.2) is 5.69 Å². The summed E-state index contributed by atoms with van der Waals surface area (Å²) in [5.41, 5.74) is -2.23. The van der Waals surface area contributed by atoms with Gasteiger partial charge in [-0.25, -0.2) is 9.37 Å². The van der Waals surface area contributed by atoms with Crippen LogP contribution >= 0.6 is 11.3 Å². The molecule has 0 spiro atoms. The van der Waals surface area contributed by atoms with Crippen LogP contribution in [0.15, 0.2) is 24.3 Å². The first-order valence-corrected chi connectivity index (χ1v) is 8.17. The van der Waals surface area contributed by atoms with Gasteiger partial charge in [-0.3, -0.25) is 4.79 Å². The molecule has 2 rings (SSSR count). The highest BCUT2D eigenvalue weighted by Crippen LogP contribution is 2.39. The summed E-state index contributed by atoms with van der Waals surface area (Å²) in [6.45, 7) is 1.19. The molecule has 1 aromatic carbocycles. The zero-order valence-electron chi connectivity index (χ0n) is 14.0. The van der Waals surface area contributed by atoms with E-state index in [1.54, 1.807) is 0 Å². The first-order chi connectivity index (χ1) is 13.1. The van der Waals surface area contributed by atoms with Crippen LogP contribution in [0.25, 0.3) is 0 Å². The monoisotopic (exact) mass is 452 g/mol. The van der Waals surface area contributed by atoms with E-state index >= 15 is 0 Å². The van der Waals surface area contributed by atoms with Crippen molar-refractivity contribution in [2.45, 2.75) is 31.6 Å². The Labute approximate surface area is 160 Å². The molecule has 0 aliphatic carbocycles. The van der Waals surface area contributed by atoms with Crippen LogP contribution < -0.4 is 10.1 Å². The lowest BCUT2D eigenvalue weighted by atomic mass is 10.2. The van der Waals surface area contributed by atoms with E-state index in [2.05, 4.69) is 9.72 Å². The van der Waals surface area contributed by atoms with Crippen molar-refractivity contribution < 1.29 is 49.0 Å². The Kier molecular flexibility index (Phi) is 6.07. The number of para-hydroxylation sites is 2. The number of amides is 1. The van der Waals surface area contributed by atoms with Crippen LogP contribution in [0.1, 0.15) is 20.4 Å². The lowest BCUT2D eigenvalue weighted by Gasteiger charge is -2.24. The van der Waals surface area contributed by atoms with Crippen molar-refractivity contribution in [3.05, 3.63) is 39.8 Å². The van der Waals surface area contributed by atoms with E-state index in [-0.39, 0.29) is 5.01 Å². The quantitative estimate of drug-likeness (QED) is 0.602. The minimum absolute atomic E-state index is 0.121. The number of carbonyl (C=O) groups is 1. The molecule has 1 N–H and O–H groups in total. The fourth-order valence-electron chi connectivity index (χ4n) is 2.00. The van der Waals surface area contributed by atoms with Crippen molar-refractivity contribution in [2.75, 3.05) is 5.32 Å². The Balaban J connectivity index is 2.32. The maximum absolute atomic E-state index is 13.5. The molecule has 160 valence electrons. The average Bonchev–Trinajstić information content (AvgIpc) is 2.97. The topological polar surface area (TPSA) is 51.2 Å². The van der Waals surface area contributed by atoms with Crippen molar-refractivity contribution in [1.82, 2.24) is 4.98 Å².